The van der Waals surface area contributed by atoms with E-state index in [1.54, 1.807) is 19.3 Å². The molecule has 0 radical (unpaired) electrons. The zero-order valence-electron chi connectivity index (χ0n) is 10.2. The summed E-state index contributed by atoms with van der Waals surface area (Å²) in [5.74, 6) is -0.763. The number of aromatic nitrogens is 2. The van der Waals surface area contributed by atoms with Crippen molar-refractivity contribution in [3.63, 3.8) is 0 Å². The first kappa shape index (κ1) is 13.6. The summed E-state index contributed by atoms with van der Waals surface area (Å²) in [6.07, 6.45) is 1.56. The maximum atomic E-state index is 11.1. The number of carboxylic acids is 1. The summed E-state index contributed by atoms with van der Waals surface area (Å²) in [7, 11) is 1.56. The monoisotopic (exact) mass is 321 g/mol. The minimum atomic E-state index is -1.01. The molecule has 1 atom stereocenters. The van der Waals surface area contributed by atoms with Gasteiger partial charge in [-0.25, -0.2) is 9.97 Å². The van der Waals surface area contributed by atoms with E-state index in [4.69, 9.17) is 5.11 Å². The van der Waals surface area contributed by atoms with Crippen LogP contribution in [-0.2, 0) is 4.79 Å². The molecule has 1 aromatic heterocycles. The minimum Gasteiger partial charge on any atom is -0.480 e. The van der Waals surface area contributed by atoms with Crippen LogP contribution in [0.1, 0.15) is 11.9 Å². The number of hydrogen-bond acceptors (Lipinski definition) is 4. The number of halogens is 1. The Morgan fingerprint density at radius 1 is 1.42 bits per heavy atom. The van der Waals surface area contributed by atoms with Crippen molar-refractivity contribution in [1.29, 1.82) is 0 Å². The Hall–Kier alpha value is -1.79. The van der Waals surface area contributed by atoms with Gasteiger partial charge in [-0.1, -0.05) is 28.1 Å². The zero-order valence-corrected chi connectivity index (χ0v) is 11.8. The Bertz CT molecular complexity index is 604. The fourth-order valence-electron chi connectivity index (χ4n) is 1.68. The Morgan fingerprint density at radius 2 is 2.21 bits per heavy atom. The predicted octanol–water partition coefficient (Wildman–Crippen LogP) is 2.25. The van der Waals surface area contributed by atoms with Crippen LogP contribution in [-0.4, -0.2) is 28.1 Å². The highest BCUT2D eigenvalue weighted by atomic mass is 79.9. The van der Waals surface area contributed by atoms with Gasteiger partial charge in [0.15, 0.2) is 11.9 Å². The number of nitrogens with zero attached hydrogens (tertiary/aromatic N) is 2. The van der Waals surface area contributed by atoms with Crippen LogP contribution < -0.4 is 5.32 Å². The lowest BCUT2D eigenvalue weighted by Crippen LogP contribution is -2.27. The third-order valence-corrected chi connectivity index (χ3v) is 3.08. The zero-order chi connectivity index (χ0) is 13.8. The van der Waals surface area contributed by atoms with Gasteiger partial charge >= 0.3 is 5.97 Å². The van der Waals surface area contributed by atoms with Crippen molar-refractivity contribution >= 4 is 21.9 Å². The Labute approximate surface area is 118 Å². The topological polar surface area (TPSA) is 75.1 Å². The molecule has 1 aromatic carbocycles. The summed E-state index contributed by atoms with van der Waals surface area (Å²) in [5, 5.41) is 11.8. The van der Waals surface area contributed by atoms with Crippen LogP contribution in [0.3, 0.4) is 0 Å². The van der Waals surface area contributed by atoms with Crippen LogP contribution in [0, 0.1) is 0 Å². The molecule has 19 heavy (non-hydrogen) atoms. The standard InChI is InChI=1S/C13H12BrN3O2/c1-15-11(13(18)19)12-16-6-5-10(17-12)8-3-2-4-9(14)7-8/h2-7,11,15H,1H3,(H,18,19). The quantitative estimate of drug-likeness (QED) is 0.903. The van der Waals surface area contributed by atoms with Gasteiger partial charge in [0.1, 0.15) is 0 Å². The SMILES string of the molecule is CNC(C(=O)O)c1nccc(-c2cccc(Br)c2)n1. The van der Waals surface area contributed by atoms with Gasteiger partial charge in [-0.3, -0.25) is 4.79 Å². The minimum absolute atomic E-state index is 0.243. The van der Waals surface area contributed by atoms with Crippen LogP contribution >= 0.6 is 15.9 Å². The third kappa shape index (κ3) is 3.15. The average molecular weight is 322 g/mol. The molecule has 5 nitrogen and oxygen atoms in total. The van der Waals surface area contributed by atoms with Gasteiger partial charge in [0.05, 0.1) is 5.69 Å². The fraction of sp³-hybridized carbons (Fsp3) is 0.154. The van der Waals surface area contributed by atoms with Crippen molar-refractivity contribution < 1.29 is 9.90 Å². The highest BCUT2D eigenvalue weighted by molar-refractivity contribution is 9.10. The second-order valence-corrected chi connectivity index (χ2v) is 4.79. The average Bonchev–Trinajstić information content (AvgIpc) is 2.39. The molecule has 0 saturated heterocycles. The highest BCUT2D eigenvalue weighted by Gasteiger charge is 2.20. The lowest BCUT2D eigenvalue weighted by molar-refractivity contribution is -0.139. The number of rotatable bonds is 4. The van der Waals surface area contributed by atoms with Gasteiger partial charge in [0.25, 0.3) is 0 Å². The van der Waals surface area contributed by atoms with Crippen molar-refractivity contribution in [3.05, 3.63) is 46.8 Å². The van der Waals surface area contributed by atoms with Crippen LogP contribution in [0.2, 0.25) is 0 Å². The maximum Gasteiger partial charge on any atom is 0.328 e. The molecule has 0 aliphatic rings. The van der Waals surface area contributed by atoms with Crippen molar-refractivity contribution in [2.75, 3.05) is 7.05 Å². The molecule has 2 N–H and O–H groups in total. The van der Waals surface area contributed by atoms with E-state index in [1.165, 1.54) is 0 Å². The summed E-state index contributed by atoms with van der Waals surface area (Å²) in [6.45, 7) is 0. The molecular weight excluding hydrogens is 310 g/mol. The van der Waals surface area contributed by atoms with Gasteiger partial charge in [-0.2, -0.15) is 0 Å². The first-order valence-corrected chi connectivity index (χ1v) is 6.40. The van der Waals surface area contributed by atoms with Gasteiger partial charge in [-0.05, 0) is 25.2 Å². The predicted molar refractivity (Wildman–Crippen MR) is 74.6 cm³/mol. The normalized spacial score (nSPS) is 12.1. The van der Waals surface area contributed by atoms with E-state index in [2.05, 4.69) is 31.2 Å². The van der Waals surface area contributed by atoms with Crippen LogP contribution in [0.4, 0.5) is 0 Å². The van der Waals surface area contributed by atoms with E-state index in [0.29, 0.717) is 5.69 Å². The number of likely N-dealkylation sites (N-methyl/N-ethyl adjacent to an activating group) is 1. The van der Waals surface area contributed by atoms with Gasteiger partial charge in [-0.15, -0.1) is 0 Å². The van der Waals surface area contributed by atoms with Gasteiger partial charge in [0.2, 0.25) is 0 Å². The van der Waals surface area contributed by atoms with E-state index < -0.39 is 12.0 Å². The van der Waals surface area contributed by atoms with Crippen LogP contribution in [0.5, 0.6) is 0 Å². The Balaban J connectivity index is 2.42. The molecule has 1 unspecified atom stereocenters. The molecule has 98 valence electrons. The molecule has 6 heteroatoms. The first-order valence-electron chi connectivity index (χ1n) is 5.61. The van der Waals surface area contributed by atoms with E-state index in [9.17, 15) is 4.79 Å². The third-order valence-electron chi connectivity index (χ3n) is 2.59. The van der Waals surface area contributed by atoms with E-state index in [-0.39, 0.29) is 5.82 Å². The summed E-state index contributed by atoms with van der Waals surface area (Å²) in [5.41, 5.74) is 1.59. The maximum absolute atomic E-state index is 11.1. The summed E-state index contributed by atoms with van der Waals surface area (Å²) < 4.78 is 0.938. The second kappa shape index (κ2) is 5.90. The number of carbonyl (C=O) groups is 1. The smallest absolute Gasteiger partial charge is 0.328 e. The summed E-state index contributed by atoms with van der Waals surface area (Å²) >= 11 is 3.39. The molecule has 2 rings (SSSR count). The molecular formula is C13H12BrN3O2. The van der Waals surface area contributed by atoms with Gasteiger partial charge in [0, 0.05) is 16.2 Å². The second-order valence-electron chi connectivity index (χ2n) is 3.87. The van der Waals surface area contributed by atoms with E-state index in [0.717, 1.165) is 10.0 Å². The number of benzene rings is 1. The van der Waals surface area contributed by atoms with Crippen LogP contribution in [0.15, 0.2) is 41.0 Å². The number of hydrogen-bond donors (Lipinski definition) is 2. The molecule has 0 amide bonds. The summed E-state index contributed by atoms with van der Waals surface area (Å²) in [4.78, 5) is 19.4. The number of aliphatic carboxylic acids is 1. The molecule has 0 bridgehead atoms. The molecule has 2 aromatic rings. The fourth-order valence-corrected chi connectivity index (χ4v) is 2.08. The molecule has 0 aliphatic carbocycles. The van der Waals surface area contributed by atoms with E-state index in [1.807, 2.05) is 24.3 Å². The van der Waals surface area contributed by atoms with E-state index >= 15 is 0 Å². The van der Waals surface area contributed by atoms with Crippen molar-refractivity contribution in [2.45, 2.75) is 6.04 Å². The van der Waals surface area contributed by atoms with Crippen molar-refractivity contribution in [3.8, 4) is 11.3 Å². The highest BCUT2D eigenvalue weighted by Crippen LogP contribution is 2.21. The molecule has 0 aliphatic heterocycles. The molecule has 0 saturated carbocycles. The summed E-state index contributed by atoms with van der Waals surface area (Å²) in [6, 6.07) is 8.48. The molecule has 1 heterocycles. The lowest BCUT2D eigenvalue weighted by atomic mass is 10.1. The van der Waals surface area contributed by atoms with Crippen LogP contribution in [0.25, 0.3) is 11.3 Å². The number of carboxylic acid groups (broad SMARTS) is 1. The lowest BCUT2D eigenvalue weighted by Gasteiger charge is -2.10. The van der Waals surface area contributed by atoms with Crippen molar-refractivity contribution in [1.82, 2.24) is 15.3 Å². The van der Waals surface area contributed by atoms with Gasteiger partial charge < -0.3 is 10.4 Å². The number of nitrogens with one attached hydrogen (secondary N) is 1. The molecule has 0 fully saturated rings. The Kier molecular flexibility index (Phi) is 4.24. The van der Waals surface area contributed by atoms with Crippen molar-refractivity contribution in [2.24, 2.45) is 0 Å². The molecule has 0 spiro atoms. The first-order chi connectivity index (χ1) is 9.11. The largest absolute Gasteiger partial charge is 0.480 e. The Morgan fingerprint density at radius 3 is 2.84 bits per heavy atom.